The number of imidazole rings is 1. The summed E-state index contributed by atoms with van der Waals surface area (Å²) in [6.45, 7) is 3.25. The van der Waals surface area contributed by atoms with Crippen LogP contribution in [0.15, 0.2) is 72.8 Å². The van der Waals surface area contributed by atoms with E-state index in [4.69, 9.17) is 16.3 Å². The molecule has 0 saturated carbocycles. The van der Waals surface area contributed by atoms with Crippen molar-refractivity contribution < 1.29 is 9.53 Å². The highest BCUT2D eigenvalue weighted by Gasteiger charge is 2.19. The number of nitrogens with one attached hydrogen (secondary N) is 1. The Hall–Kier alpha value is -3.41. The molecule has 4 aromatic rings. The van der Waals surface area contributed by atoms with E-state index in [1.54, 1.807) is 24.3 Å². The molecule has 1 aliphatic rings. The van der Waals surface area contributed by atoms with Crippen LogP contribution in [0.5, 0.6) is 0 Å². The molecule has 0 spiro atoms. The predicted octanol–water partition coefficient (Wildman–Crippen LogP) is 5.48. The summed E-state index contributed by atoms with van der Waals surface area (Å²) in [6.07, 6.45) is 1.88. The highest BCUT2D eigenvalue weighted by molar-refractivity contribution is 6.34. The fourth-order valence-electron chi connectivity index (χ4n) is 3.88. The van der Waals surface area contributed by atoms with Gasteiger partial charge in [0.15, 0.2) is 5.78 Å². The number of H-pyrrole nitrogens is 1. The van der Waals surface area contributed by atoms with Crippen LogP contribution in [-0.4, -0.2) is 42.1 Å². The van der Waals surface area contributed by atoms with Crippen molar-refractivity contribution in [2.45, 2.75) is 0 Å². The lowest BCUT2D eigenvalue weighted by Gasteiger charge is -2.28. The first-order chi connectivity index (χ1) is 15.7. The number of rotatable bonds is 5. The van der Waals surface area contributed by atoms with Gasteiger partial charge in [0.1, 0.15) is 5.82 Å². The number of morpholine rings is 1. The molecule has 0 atom stereocenters. The van der Waals surface area contributed by atoms with E-state index in [-0.39, 0.29) is 5.78 Å². The smallest absolute Gasteiger partial charge is 0.196 e. The molecule has 1 aromatic heterocycles. The molecule has 0 radical (unpaired) electrons. The molecule has 3 aromatic carbocycles. The van der Waals surface area contributed by atoms with Gasteiger partial charge >= 0.3 is 0 Å². The number of nitrogens with zero attached hydrogens (tertiary/aromatic N) is 2. The number of aromatic amines is 1. The Balaban J connectivity index is 1.54. The van der Waals surface area contributed by atoms with Crippen LogP contribution in [0.4, 0.5) is 5.69 Å². The van der Waals surface area contributed by atoms with Crippen LogP contribution in [0.1, 0.15) is 21.7 Å². The lowest BCUT2D eigenvalue weighted by atomic mass is 10.00. The number of benzene rings is 3. The Kier molecular flexibility index (Phi) is 5.75. The second-order valence-electron chi connectivity index (χ2n) is 7.69. The Bertz CT molecular complexity index is 1250. The molecule has 1 saturated heterocycles. The van der Waals surface area contributed by atoms with Crippen LogP contribution in [0.2, 0.25) is 5.02 Å². The first-order valence-electron chi connectivity index (χ1n) is 10.6. The average molecular weight is 444 g/mol. The van der Waals surface area contributed by atoms with Crippen molar-refractivity contribution in [3.63, 3.8) is 0 Å². The van der Waals surface area contributed by atoms with E-state index >= 15 is 0 Å². The first-order valence-corrected chi connectivity index (χ1v) is 10.9. The van der Waals surface area contributed by atoms with E-state index in [1.165, 1.54) is 0 Å². The average Bonchev–Trinajstić information content (AvgIpc) is 3.27. The van der Waals surface area contributed by atoms with E-state index in [0.717, 1.165) is 48.6 Å². The summed E-state index contributed by atoms with van der Waals surface area (Å²) in [5.41, 5.74) is 4.78. The normalized spacial score (nSPS) is 14.7. The van der Waals surface area contributed by atoms with Crippen molar-refractivity contribution >= 4 is 45.8 Å². The van der Waals surface area contributed by atoms with Gasteiger partial charge in [-0.15, -0.1) is 0 Å². The molecular weight excluding hydrogens is 422 g/mol. The number of hydrogen-bond acceptors (Lipinski definition) is 4. The van der Waals surface area contributed by atoms with Crippen molar-refractivity contribution in [2.24, 2.45) is 0 Å². The van der Waals surface area contributed by atoms with Gasteiger partial charge in [0.05, 0.1) is 29.8 Å². The number of fused-ring (bicyclic) bond motifs is 1. The maximum atomic E-state index is 13.5. The fraction of sp³-hybridized carbons (Fsp3) is 0.154. The van der Waals surface area contributed by atoms with Gasteiger partial charge in [-0.3, -0.25) is 4.79 Å². The van der Waals surface area contributed by atoms with Crippen molar-refractivity contribution in [1.82, 2.24) is 9.97 Å². The predicted molar refractivity (Wildman–Crippen MR) is 129 cm³/mol. The van der Waals surface area contributed by atoms with Gasteiger partial charge in [-0.2, -0.15) is 0 Å². The molecule has 1 aliphatic heterocycles. The number of ketones is 1. The van der Waals surface area contributed by atoms with Crippen LogP contribution in [0.25, 0.3) is 22.7 Å². The molecule has 0 aliphatic carbocycles. The number of para-hydroxylation sites is 2. The summed E-state index contributed by atoms with van der Waals surface area (Å²) in [5.74, 6) is 0.400. The molecular formula is C26H22ClN3O2. The Morgan fingerprint density at radius 3 is 2.53 bits per heavy atom. The zero-order valence-electron chi connectivity index (χ0n) is 17.4. The maximum absolute atomic E-state index is 13.5. The van der Waals surface area contributed by atoms with Crippen molar-refractivity contribution in [1.29, 1.82) is 0 Å². The standard InChI is InChI=1S/C26H22ClN3O2/c27-20-5-3-4-19(17-20)25(31)22(26-28-23-6-1-2-7-24(23)29-26)16-18-8-10-21(11-9-18)30-12-14-32-15-13-30/h1-11,16-17H,12-15H2,(H,28,29)/b22-16-. The number of carbonyl (C=O) groups is 1. The van der Waals surface area contributed by atoms with Gasteiger partial charge in [-0.05, 0) is 48.0 Å². The number of hydrogen-bond donors (Lipinski definition) is 1. The van der Waals surface area contributed by atoms with Gasteiger partial charge in [0.25, 0.3) is 0 Å². The molecule has 5 nitrogen and oxygen atoms in total. The second kappa shape index (κ2) is 8.99. The second-order valence-corrected chi connectivity index (χ2v) is 8.13. The number of halogens is 1. The molecule has 0 amide bonds. The van der Waals surface area contributed by atoms with E-state index in [1.807, 2.05) is 42.5 Å². The van der Waals surface area contributed by atoms with E-state index in [9.17, 15) is 4.79 Å². The van der Waals surface area contributed by atoms with E-state index in [0.29, 0.717) is 22.0 Å². The monoisotopic (exact) mass is 443 g/mol. The topological polar surface area (TPSA) is 58.2 Å². The minimum absolute atomic E-state index is 0.135. The van der Waals surface area contributed by atoms with Crippen LogP contribution >= 0.6 is 11.6 Å². The first kappa shape index (κ1) is 20.5. The Labute approximate surface area is 191 Å². The molecule has 6 heteroatoms. The Morgan fingerprint density at radius 2 is 1.78 bits per heavy atom. The number of ether oxygens (including phenoxy) is 1. The quantitative estimate of drug-likeness (QED) is 0.328. The molecule has 1 fully saturated rings. The molecule has 1 N–H and O–H groups in total. The summed E-state index contributed by atoms with van der Waals surface area (Å²) in [7, 11) is 0. The highest BCUT2D eigenvalue weighted by Crippen LogP contribution is 2.26. The summed E-state index contributed by atoms with van der Waals surface area (Å²) < 4.78 is 5.44. The van der Waals surface area contributed by atoms with Gasteiger partial charge in [0.2, 0.25) is 0 Å². The fourth-order valence-corrected chi connectivity index (χ4v) is 4.07. The number of Topliss-reactive ketones (excluding diaryl/α,β-unsaturated/α-hetero) is 1. The van der Waals surface area contributed by atoms with E-state index in [2.05, 4.69) is 27.0 Å². The minimum atomic E-state index is -0.135. The van der Waals surface area contributed by atoms with Crippen molar-refractivity contribution in [3.05, 3.63) is 94.8 Å². The zero-order valence-corrected chi connectivity index (χ0v) is 18.2. The van der Waals surface area contributed by atoms with Gasteiger partial charge < -0.3 is 14.6 Å². The number of carbonyl (C=O) groups excluding carboxylic acids is 1. The van der Waals surface area contributed by atoms with Crippen LogP contribution in [0.3, 0.4) is 0 Å². The number of anilines is 1. The third-order valence-corrected chi connectivity index (χ3v) is 5.79. The molecule has 160 valence electrons. The van der Waals surface area contributed by atoms with Gasteiger partial charge in [0, 0.05) is 29.4 Å². The van der Waals surface area contributed by atoms with Crippen molar-refractivity contribution in [2.75, 3.05) is 31.2 Å². The number of aromatic nitrogens is 2. The largest absolute Gasteiger partial charge is 0.378 e. The summed E-state index contributed by atoms with van der Waals surface area (Å²) in [6, 6.07) is 22.9. The van der Waals surface area contributed by atoms with Crippen LogP contribution < -0.4 is 4.90 Å². The molecule has 32 heavy (non-hydrogen) atoms. The summed E-state index contributed by atoms with van der Waals surface area (Å²) >= 11 is 6.15. The van der Waals surface area contributed by atoms with Crippen LogP contribution in [0, 0.1) is 0 Å². The minimum Gasteiger partial charge on any atom is -0.378 e. The number of allylic oxidation sites excluding steroid dienone is 1. The third kappa shape index (κ3) is 4.31. The lowest BCUT2D eigenvalue weighted by molar-refractivity contribution is 0.105. The molecule has 0 unspecified atom stereocenters. The molecule has 2 heterocycles. The van der Waals surface area contributed by atoms with Crippen molar-refractivity contribution in [3.8, 4) is 0 Å². The third-order valence-electron chi connectivity index (χ3n) is 5.56. The summed E-state index contributed by atoms with van der Waals surface area (Å²) in [5, 5.41) is 0.523. The van der Waals surface area contributed by atoms with Crippen LogP contribution in [-0.2, 0) is 4.74 Å². The van der Waals surface area contributed by atoms with Gasteiger partial charge in [-0.25, -0.2) is 4.98 Å². The van der Waals surface area contributed by atoms with Gasteiger partial charge in [-0.1, -0.05) is 48.0 Å². The molecule has 5 rings (SSSR count). The highest BCUT2D eigenvalue weighted by atomic mass is 35.5. The Morgan fingerprint density at radius 1 is 1.00 bits per heavy atom. The summed E-state index contributed by atoms with van der Waals surface area (Å²) in [4.78, 5) is 23.7. The maximum Gasteiger partial charge on any atom is 0.196 e. The lowest BCUT2D eigenvalue weighted by Crippen LogP contribution is -2.36. The molecule has 0 bridgehead atoms. The van der Waals surface area contributed by atoms with E-state index < -0.39 is 0 Å². The zero-order chi connectivity index (χ0) is 21.9. The SMILES string of the molecule is O=C(/C(=C/c1ccc(N2CCOCC2)cc1)c1nc2ccccc2[nH]1)c1cccc(Cl)c1.